The second-order valence-corrected chi connectivity index (χ2v) is 7.99. The lowest BCUT2D eigenvalue weighted by atomic mass is 10.2. The average Bonchev–Trinajstić information content (AvgIpc) is 2.62. The molecule has 0 aromatic heterocycles. The van der Waals surface area contributed by atoms with Gasteiger partial charge in [0.2, 0.25) is 10.0 Å². The van der Waals surface area contributed by atoms with Crippen molar-refractivity contribution >= 4 is 27.6 Å². The van der Waals surface area contributed by atoms with E-state index in [1.165, 1.54) is 31.2 Å². The summed E-state index contributed by atoms with van der Waals surface area (Å²) in [7, 11) is -3.91. The third kappa shape index (κ3) is 5.86. The molecule has 1 atom stereocenters. The smallest absolute Gasteiger partial charge is 0.324 e. The Kier molecular flexibility index (Phi) is 6.87. The second-order valence-electron chi connectivity index (χ2n) is 6.28. The molecule has 0 aliphatic heterocycles. The number of amides is 1. The number of nitrogens with one attached hydrogen (secondary N) is 2. The van der Waals surface area contributed by atoms with Crippen molar-refractivity contribution in [1.29, 1.82) is 0 Å². The minimum atomic E-state index is -3.91. The molecule has 0 saturated carbocycles. The number of hydrogen-bond donors (Lipinski definition) is 2. The lowest BCUT2D eigenvalue weighted by Crippen LogP contribution is -2.40. The van der Waals surface area contributed by atoms with E-state index in [1.807, 2.05) is 6.92 Å². The van der Waals surface area contributed by atoms with Gasteiger partial charge in [-0.1, -0.05) is 23.8 Å². The van der Waals surface area contributed by atoms with Gasteiger partial charge in [0.15, 0.2) is 6.61 Å². The average molecular weight is 408 g/mol. The Balaban J connectivity index is 1.88. The fraction of sp³-hybridized carbons (Fsp3) is 0.263. The maximum Gasteiger partial charge on any atom is 0.324 e. The van der Waals surface area contributed by atoms with E-state index >= 15 is 0 Å². The van der Waals surface area contributed by atoms with Crippen LogP contribution in [0.4, 0.5) is 10.1 Å². The molecule has 0 spiro atoms. The molecule has 0 fully saturated rings. The van der Waals surface area contributed by atoms with Crippen molar-refractivity contribution in [3.63, 3.8) is 0 Å². The van der Waals surface area contributed by atoms with Crippen LogP contribution in [-0.2, 0) is 24.3 Å². The van der Waals surface area contributed by atoms with Crippen LogP contribution in [0.2, 0.25) is 0 Å². The van der Waals surface area contributed by atoms with Crippen molar-refractivity contribution in [3.05, 3.63) is 59.4 Å². The number of carbonyl (C=O) groups excluding carboxylic acids is 2. The number of esters is 1. The van der Waals surface area contributed by atoms with Crippen molar-refractivity contribution < 1.29 is 27.1 Å². The molecule has 2 aromatic rings. The summed E-state index contributed by atoms with van der Waals surface area (Å²) in [6.45, 7) is 4.08. The van der Waals surface area contributed by atoms with E-state index in [-0.39, 0.29) is 10.6 Å². The summed E-state index contributed by atoms with van der Waals surface area (Å²) in [5.74, 6) is -2.07. The zero-order valence-electron chi connectivity index (χ0n) is 15.7. The third-order valence-electron chi connectivity index (χ3n) is 3.82. The standard InChI is InChI=1S/C19H21FN2O5S/c1-12-4-8-16(9-5-12)28(25,26)22-14(3)19(24)27-11-18(23)21-15-7-6-13(2)17(20)10-15/h4-10,14,22H,11H2,1-3H3,(H,21,23). The summed E-state index contributed by atoms with van der Waals surface area (Å²) in [5.41, 5.74) is 1.54. The largest absolute Gasteiger partial charge is 0.454 e. The first-order valence-corrected chi connectivity index (χ1v) is 9.88. The van der Waals surface area contributed by atoms with Crippen LogP contribution < -0.4 is 10.0 Å². The predicted octanol–water partition coefficient (Wildman–Crippen LogP) is 2.29. The van der Waals surface area contributed by atoms with Gasteiger partial charge in [0, 0.05) is 5.69 Å². The topological polar surface area (TPSA) is 102 Å². The Bertz CT molecular complexity index is 974. The normalized spacial score (nSPS) is 12.3. The molecule has 28 heavy (non-hydrogen) atoms. The lowest BCUT2D eigenvalue weighted by molar-refractivity contribution is -0.148. The Morgan fingerprint density at radius 3 is 2.36 bits per heavy atom. The quantitative estimate of drug-likeness (QED) is 0.685. The van der Waals surface area contributed by atoms with Crippen molar-refractivity contribution in [2.75, 3.05) is 11.9 Å². The van der Waals surface area contributed by atoms with Crippen LogP contribution in [0.15, 0.2) is 47.4 Å². The molecule has 1 unspecified atom stereocenters. The van der Waals surface area contributed by atoms with E-state index in [1.54, 1.807) is 19.1 Å². The summed E-state index contributed by atoms with van der Waals surface area (Å²) < 4.78 is 45.0. The minimum absolute atomic E-state index is 0.0110. The molecular weight excluding hydrogens is 387 g/mol. The summed E-state index contributed by atoms with van der Waals surface area (Å²) >= 11 is 0. The van der Waals surface area contributed by atoms with Gasteiger partial charge in [0.05, 0.1) is 4.90 Å². The second kappa shape index (κ2) is 8.94. The molecule has 2 N–H and O–H groups in total. The van der Waals surface area contributed by atoms with E-state index in [0.29, 0.717) is 5.56 Å². The highest BCUT2D eigenvalue weighted by Crippen LogP contribution is 2.13. The fourth-order valence-electron chi connectivity index (χ4n) is 2.20. The Morgan fingerprint density at radius 1 is 1.11 bits per heavy atom. The SMILES string of the molecule is Cc1ccc(S(=O)(=O)NC(C)C(=O)OCC(=O)Nc2ccc(C)c(F)c2)cc1. The van der Waals surface area contributed by atoms with Crippen LogP contribution in [0.5, 0.6) is 0 Å². The van der Waals surface area contributed by atoms with Crippen LogP contribution in [0, 0.1) is 19.7 Å². The van der Waals surface area contributed by atoms with Gasteiger partial charge >= 0.3 is 5.97 Å². The maximum atomic E-state index is 13.5. The number of hydrogen-bond acceptors (Lipinski definition) is 5. The van der Waals surface area contributed by atoms with Crippen LogP contribution >= 0.6 is 0 Å². The number of aryl methyl sites for hydroxylation is 2. The van der Waals surface area contributed by atoms with Gasteiger partial charge in [-0.2, -0.15) is 4.72 Å². The molecule has 2 rings (SSSR count). The Hall–Kier alpha value is -2.78. The van der Waals surface area contributed by atoms with Gasteiger partial charge in [-0.25, -0.2) is 12.8 Å². The Labute approximate surface area is 163 Å². The van der Waals surface area contributed by atoms with Gasteiger partial charge < -0.3 is 10.1 Å². The summed E-state index contributed by atoms with van der Waals surface area (Å²) in [5, 5.41) is 2.39. The Morgan fingerprint density at radius 2 is 1.75 bits per heavy atom. The van der Waals surface area contributed by atoms with Crippen molar-refractivity contribution in [2.45, 2.75) is 31.7 Å². The fourth-order valence-corrected chi connectivity index (χ4v) is 3.39. The highest BCUT2D eigenvalue weighted by atomic mass is 32.2. The molecule has 0 heterocycles. The summed E-state index contributed by atoms with van der Waals surface area (Å²) in [6, 6.07) is 9.07. The van der Waals surface area contributed by atoms with Crippen molar-refractivity contribution in [2.24, 2.45) is 0 Å². The van der Waals surface area contributed by atoms with E-state index in [4.69, 9.17) is 4.74 Å². The highest BCUT2D eigenvalue weighted by Gasteiger charge is 2.23. The summed E-state index contributed by atoms with van der Waals surface area (Å²) in [6.07, 6.45) is 0. The van der Waals surface area contributed by atoms with Crippen molar-refractivity contribution in [3.8, 4) is 0 Å². The monoisotopic (exact) mass is 408 g/mol. The first-order chi connectivity index (χ1) is 13.1. The van der Waals surface area contributed by atoms with Crippen molar-refractivity contribution in [1.82, 2.24) is 4.72 Å². The lowest BCUT2D eigenvalue weighted by Gasteiger charge is -2.14. The van der Waals surface area contributed by atoms with Gasteiger partial charge in [-0.05, 0) is 50.6 Å². The van der Waals surface area contributed by atoms with Gasteiger partial charge in [0.1, 0.15) is 11.9 Å². The predicted molar refractivity (Wildman–Crippen MR) is 102 cm³/mol. The molecule has 0 saturated heterocycles. The number of halogens is 1. The number of sulfonamides is 1. The number of rotatable bonds is 7. The molecule has 150 valence electrons. The minimum Gasteiger partial charge on any atom is -0.454 e. The molecule has 7 nitrogen and oxygen atoms in total. The number of ether oxygens (including phenoxy) is 1. The molecule has 0 radical (unpaired) electrons. The molecule has 1 amide bonds. The molecule has 0 bridgehead atoms. The van der Waals surface area contributed by atoms with E-state index in [2.05, 4.69) is 10.0 Å². The first-order valence-electron chi connectivity index (χ1n) is 8.40. The van der Waals surface area contributed by atoms with Gasteiger partial charge in [0.25, 0.3) is 5.91 Å². The molecular formula is C19H21FN2O5S. The molecule has 0 aliphatic rings. The van der Waals surface area contributed by atoms with Gasteiger partial charge in [-0.3, -0.25) is 9.59 Å². The van der Waals surface area contributed by atoms with Crippen LogP contribution in [0.25, 0.3) is 0 Å². The van der Waals surface area contributed by atoms with E-state index in [0.717, 1.165) is 11.6 Å². The van der Waals surface area contributed by atoms with Crippen LogP contribution in [0.3, 0.4) is 0 Å². The maximum absolute atomic E-state index is 13.5. The number of carbonyl (C=O) groups is 2. The zero-order valence-corrected chi connectivity index (χ0v) is 16.5. The van der Waals surface area contributed by atoms with Crippen LogP contribution in [0.1, 0.15) is 18.1 Å². The molecule has 0 aliphatic carbocycles. The van der Waals surface area contributed by atoms with Crippen LogP contribution in [-0.4, -0.2) is 32.9 Å². The number of benzene rings is 2. The molecule has 9 heteroatoms. The highest BCUT2D eigenvalue weighted by molar-refractivity contribution is 7.89. The number of anilines is 1. The zero-order chi connectivity index (χ0) is 20.9. The third-order valence-corrected chi connectivity index (χ3v) is 5.37. The molecule has 2 aromatic carbocycles. The van der Waals surface area contributed by atoms with Gasteiger partial charge in [-0.15, -0.1) is 0 Å². The summed E-state index contributed by atoms with van der Waals surface area (Å²) in [4.78, 5) is 23.8. The first kappa shape index (κ1) is 21.5. The van der Waals surface area contributed by atoms with E-state index in [9.17, 15) is 22.4 Å². The van der Waals surface area contributed by atoms with E-state index < -0.39 is 40.4 Å².